The van der Waals surface area contributed by atoms with Crippen molar-refractivity contribution in [1.82, 2.24) is 5.32 Å². The normalized spacial score (nSPS) is 11.7. The molecule has 0 aliphatic heterocycles. The van der Waals surface area contributed by atoms with E-state index >= 15 is 0 Å². The van der Waals surface area contributed by atoms with E-state index in [4.69, 9.17) is 10.8 Å². The minimum atomic E-state index is -1.45. The van der Waals surface area contributed by atoms with E-state index in [0.717, 1.165) is 6.07 Å². The van der Waals surface area contributed by atoms with Crippen LogP contribution in [0.4, 0.5) is 4.39 Å². The van der Waals surface area contributed by atoms with E-state index < -0.39 is 36.1 Å². The molecule has 1 atom stereocenters. The highest BCUT2D eigenvalue weighted by Gasteiger charge is 2.23. The number of carbonyl (C=O) groups is 3. The Kier molecular flexibility index (Phi) is 4.99. The number of nitrogens with one attached hydrogen (secondary N) is 1. The van der Waals surface area contributed by atoms with Crippen molar-refractivity contribution in [3.05, 3.63) is 34.1 Å². The number of carbonyl (C=O) groups excluding carboxylic acids is 2. The third-order valence-corrected chi connectivity index (χ3v) is 2.83. The second-order valence-electron chi connectivity index (χ2n) is 3.66. The molecular formula is C11H10BrFN2O4. The first-order valence-electron chi connectivity index (χ1n) is 5.08. The lowest BCUT2D eigenvalue weighted by Gasteiger charge is -2.12. The molecular weight excluding hydrogens is 323 g/mol. The van der Waals surface area contributed by atoms with Crippen LogP contribution in [0.3, 0.4) is 0 Å². The van der Waals surface area contributed by atoms with Crippen molar-refractivity contribution in [2.24, 2.45) is 5.73 Å². The minimum Gasteiger partial charge on any atom is -0.480 e. The average molecular weight is 333 g/mol. The number of benzene rings is 1. The van der Waals surface area contributed by atoms with Crippen LogP contribution < -0.4 is 11.1 Å². The molecule has 0 aliphatic carbocycles. The Hall–Kier alpha value is -1.96. The Labute approximate surface area is 115 Å². The summed E-state index contributed by atoms with van der Waals surface area (Å²) in [6, 6.07) is 2.12. The van der Waals surface area contributed by atoms with Crippen LogP contribution in [0.25, 0.3) is 0 Å². The summed E-state index contributed by atoms with van der Waals surface area (Å²) >= 11 is 2.92. The Balaban J connectivity index is 2.84. The fraction of sp³-hybridized carbons (Fsp3) is 0.182. The summed E-state index contributed by atoms with van der Waals surface area (Å²) in [4.78, 5) is 33.2. The monoisotopic (exact) mass is 332 g/mol. The molecule has 0 fully saturated rings. The molecule has 0 aromatic heterocycles. The molecule has 0 saturated heterocycles. The molecule has 6 nitrogen and oxygen atoms in total. The van der Waals surface area contributed by atoms with Crippen molar-refractivity contribution in [2.75, 3.05) is 0 Å². The molecule has 0 bridgehead atoms. The Bertz CT molecular complexity index is 535. The lowest BCUT2D eigenvalue weighted by Crippen LogP contribution is -2.43. The van der Waals surface area contributed by atoms with Gasteiger partial charge < -0.3 is 16.2 Å². The van der Waals surface area contributed by atoms with Crippen molar-refractivity contribution >= 4 is 33.7 Å². The number of aliphatic carboxylic acids is 1. The van der Waals surface area contributed by atoms with E-state index in [1.807, 2.05) is 0 Å². The van der Waals surface area contributed by atoms with Gasteiger partial charge in [0.25, 0.3) is 5.91 Å². The summed E-state index contributed by atoms with van der Waals surface area (Å²) in [6.07, 6.45) is -0.542. The zero-order chi connectivity index (χ0) is 14.6. The molecule has 0 radical (unpaired) electrons. The molecule has 1 rings (SSSR count). The first-order valence-corrected chi connectivity index (χ1v) is 5.87. The summed E-state index contributed by atoms with van der Waals surface area (Å²) < 4.78 is 13.4. The smallest absolute Gasteiger partial charge is 0.326 e. The van der Waals surface area contributed by atoms with Gasteiger partial charge in [-0.1, -0.05) is 0 Å². The molecule has 0 aliphatic rings. The predicted molar refractivity (Wildman–Crippen MR) is 66.8 cm³/mol. The molecule has 0 spiro atoms. The molecule has 0 saturated carbocycles. The largest absolute Gasteiger partial charge is 0.480 e. The van der Waals surface area contributed by atoms with E-state index in [9.17, 15) is 18.8 Å². The van der Waals surface area contributed by atoms with Gasteiger partial charge in [-0.05, 0) is 34.1 Å². The van der Waals surface area contributed by atoms with E-state index in [-0.39, 0.29) is 10.0 Å². The van der Waals surface area contributed by atoms with Gasteiger partial charge in [0.05, 0.1) is 10.9 Å². The predicted octanol–water partition coefficient (Wildman–Crippen LogP) is 0.647. The number of amides is 2. The van der Waals surface area contributed by atoms with Crippen LogP contribution in [0.1, 0.15) is 16.8 Å². The Morgan fingerprint density at radius 3 is 2.53 bits per heavy atom. The number of hydrogen-bond acceptors (Lipinski definition) is 3. The number of carboxylic acids is 1. The lowest BCUT2D eigenvalue weighted by atomic mass is 10.1. The number of rotatable bonds is 5. The molecule has 102 valence electrons. The van der Waals surface area contributed by atoms with Gasteiger partial charge in [0.2, 0.25) is 5.91 Å². The van der Waals surface area contributed by atoms with Crippen LogP contribution in [0.15, 0.2) is 22.7 Å². The SMILES string of the molecule is NC(=O)CC(NC(=O)c1ccc(Br)c(F)c1)C(=O)O. The lowest BCUT2D eigenvalue weighted by molar-refractivity contribution is -0.140. The van der Waals surface area contributed by atoms with Crippen LogP contribution in [-0.4, -0.2) is 28.9 Å². The summed E-state index contributed by atoms with van der Waals surface area (Å²) in [5.41, 5.74) is 4.81. The Morgan fingerprint density at radius 2 is 2.05 bits per heavy atom. The molecule has 0 heterocycles. The summed E-state index contributed by atoms with van der Waals surface area (Å²) in [5.74, 6) is -3.73. The van der Waals surface area contributed by atoms with E-state index in [1.165, 1.54) is 12.1 Å². The van der Waals surface area contributed by atoms with E-state index in [2.05, 4.69) is 21.2 Å². The standard InChI is InChI=1S/C11H10BrFN2O4/c12-6-2-1-5(3-7(6)13)10(17)15-8(11(18)19)4-9(14)16/h1-3,8H,4H2,(H2,14,16)(H,15,17)(H,18,19). The number of primary amides is 1. The second kappa shape index (κ2) is 6.28. The first kappa shape index (κ1) is 15.1. The van der Waals surface area contributed by atoms with Crippen LogP contribution in [-0.2, 0) is 9.59 Å². The van der Waals surface area contributed by atoms with Crippen molar-refractivity contribution < 1.29 is 23.9 Å². The van der Waals surface area contributed by atoms with Gasteiger partial charge in [-0.15, -0.1) is 0 Å². The summed E-state index contributed by atoms with van der Waals surface area (Å²) in [5, 5.41) is 10.9. The zero-order valence-corrected chi connectivity index (χ0v) is 11.1. The highest BCUT2D eigenvalue weighted by Crippen LogP contribution is 2.16. The van der Waals surface area contributed by atoms with Gasteiger partial charge in [-0.25, -0.2) is 9.18 Å². The van der Waals surface area contributed by atoms with Crippen LogP contribution >= 0.6 is 15.9 Å². The summed E-state index contributed by atoms with van der Waals surface area (Å²) in [7, 11) is 0. The minimum absolute atomic E-state index is 0.0589. The second-order valence-corrected chi connectivity index (χ2v) is 4.52. The average Bonchev–Trinajstić information content (AvgIpc) is 2.31. The maximum Gasteiger partial charge on any atom is 0.326 e. The number of hydrogen-bond donors (Lipinski definition) is 3. The van der Waals surface area contributed by atoms with Gasteiger partial charge in [0.15, 0.2) is 0 Å². The van der Waals surface area contributed by atoms with Gasteiger partial charge in [-0.3, -0.25) is 9.59 Å². The van der Waals surface area contributed by atoms with E-state index in [0.29, 0.717) is 0 Å². The number of nitrogens with two attached hydrogens (primary N) is 1. The van der Waals surface area contributed by atoms with E-state index in [1.54, 1.807) is 0 Å². The quantitative estimate of drug-likeness (QED) is 0.735. The third kappa shape index (κ3) is 4.32. The van der Waals surface area contributed by atoms with Gasteiger partial charge >= 0.3 is 5.97 Å². The first-order chi connectivity index (χ1) is 8.81. The molecule has 4 N–H and O–H groups in total. The number of halogens is 2. The molecule has 8 heteroatoms. The zero-order valence-electron chi connectivity index (χ0n) is 9.52. The molecule has 19 heavy (non-hydrogen) atoms. The topological polar surface area (TPSA) is 109 Å². The molecule has 1 unspecified atom stereocenters. The summed E-state index contributed by atoms with van der Waals surface area (Å²) in [6.45, 7) is 0. The van der Waals surface area contributed by atoms with Crippen LogP contribution in [0, 0.1) is 5.82 Å². The maximum absolute atomic E-state index is 13.2. The highest BCUT2D eigenvalue weighted by molar-refractivity contribution is 9.10. The Morgan fingerprint density at radius 1 is 1.42 bits per heavy atom. The van der Waals surface area contributed by atoms with Crippen molar-refractivity contribution in [3.63, 3.8) is 0 Å². The molecule has 1 aromatic carbocycles. The number of carboxylic acid groups (broad SMARTS) is 1. The fourth-order valence-electron chi connectivity index (χ4n) is 1.28. The van der Waals surface area contributed by atoms with Gasteiger partial charge in [0, 0.05) is 5.56 Å². The van der Waals surface area contributed by atoms with Crippen molar-refractivity contribution in [2.45, 2.75) is 12.5 Å². The van der Waals surface area contributed by atoms with Crippen molar-refractivity contribution in [1.29, 1.82) is 0 Å². The maximum atomic E-state index is 13.2. The molecule has 1 aromatic rings. The van der Waals surface area contributed by atoms with Gasteiger partial charge in [-0.2, -0.15) is 0 Å². The highest BCUT2D eigenvalue weighted by atomic mass is 79.9. The van der Waals surface area contributed by atoms with Crippen LogP contribution in [0.2, 0.25) is 0 Å². The molecule has 2 amide bonds. The van der Waals surface area contributed by atoms with Crippen molar-refractivity contribution in [3.8, 4) is 0 Å². The fourth-order valence-corrected chi connectivity index (χ4v) is 1.53. The van der Waals surface area contributed by atoms with Gasteiger partial charge in [0.1, 0.15) is 11.9 Å². The van der Waals surface area contributed by atoms with Crippen LogP contribution in [0.5, 0.6) is 0 Å². The third-order valence-electron chi connectivity index (χ3n) is 2.19.